The molecule has 0 heterocycles. The van der Waals surface area contributed by atoms with Crippen LogP contribution in [0.25, 0.3) is 0 Å². The summed E-state index contributed by atoms with van der Waals surface area (Å²) in [5.74, 6) is 8.24. The number of rotatable bonds is 3. The molecule has 3 rings (SSSR count). The SMILES string of the molecule is CCC1CC(CSC)C2C3CCC(C3)C12. The summed E-state index contributed by atoms with van der Waals surface area (Å²) in [7, 11) is 0. The van der Waals surface area contributed by atoms with Gasteiger partial charge in [-0.15, -0.1) is 0 Å². The maximum Gasteiger partial charge on any atom is -0.00390 e. The summed E-state index contributed by atoms with van der Waals surface area (Å²) >= 11 is 2.09. The molecule has 3 aliphatic rings. The molecule has 0 radical (unpaired) electrons. The van der Waals surface area contributed by atoms with Gasteiger partial charge in [-0.05, 0) is 73.2 Å². The maximum atomic E-state index is 2.43. The second-order valence-corrected chi connectivity index (χ2v) is 7.02. The molecule has 3 fully saturated rings. The van der Waals surface area contributed by atoms with E-state index in [0.717, 1.165) is 35.5 Å². The molecule has 0 amide bonds. The second kappa shape index (κ2) is 3.98. The molecule has 3 aliphatic carbocycles. The van der Waals surface area contributed by atoms with Crippen molar-refractivity contribution in [2.75, 3.05) is 12.0 Å². The summed E-state index contributed by atoms with van der Waals surface area (Å²) in [6, 6.07) is 0. The molecular weight excluding hydrogens is 200 g/mol. The van der Waals surface area contributed by atoms with E-state index in [-0.39, 0.29) is 0 Å². The van der Waals surface area contributed by atoms with E-state index in [9.17, 15) is 0 Å². The van der Waals surface area contributed by atoms with Crippen molar-refractivity contribution in [3.63, 3.8) is 0 Å². The van der Waals surface area contributed by atoms with Gasteiger partial charge < -0.3 is 0 Å². The van der Waals surface area contributed by atoms with Crippen LogP contribution in [0.5, 0.6) is 0 Å². The van der Waals surface area contributed by atoms with Crippen LogP contribution in [0.4, 0.5) is 0 Å². The van der Waals surface area contributed by atoms with Gasteiger partial charge in [0.2, 0.25) is 0 Å². The quantitative estimate of drug-likeness (QED) is 0.696. The van der Waals surface area contributed by atoms with Crippen molar-refractivity contribution in [1.29, 1.82) is 0 Å². The third-order valence-electron chi connectivity index (χ3n) is 5.65. The fraction of sp³-hybridized carbons (Fsp3) is 1.00. The van der Waals surface area contributed by atoms with Crippen LogP contribution < -0.4 is 0 Å². The molecule has 1 heteroatoms. The molecule has 15 heavy (non-hydrogen) atoms. The number of fused-ring (bicyclic) bond motifs is 5. The Hall–Kier alpha value is 0.350. The van der Waals surface area contributed by atoms with Crippen molar-refractivity contribution in [2.24, 2.45) is 35.5 Å². The van der Waals surface area contributed by atoms with Gasteiger partial charge in [0.25, 0.3) is 0 Å². The average Bonchev–Trinajstić information content (AvgIpc) is 2.89. The monoisotopic (exact) mass is 224 g/mol. The number of thioether (sulfide) groups is 1. The third kappa shape index (κ3) is 1.49. The minimum Gasteiger partial charge on any atom is -0.165 e. The van der Waals surface area contributed by atoms with Crippen molar-refractivity contribution in [3.8, 4) is 0 Å². The largest absolute Gasteiger partial charge is 0.165 e. The Bertz CT molecular complexity index is 237. The Kier molecular flexibility index (Phi) is 2.79. The molecule has 6 atom stereocenters. The van der Waals surface area contributed by atoms with Gasteiger partial charge in [-0.2, -0.15) is 11.8 Å². The van der Waals surface area contributed by atoms with Gasteiger partial charge in [-0.1, -0.05) is 13.3 Å². The van der Waals surface area contributed by atoms with Crippen LogP contribution >= 0.6 is 11.8 Å². The van der Waals surface area contributed by atoms with E-state index in [2.05, 4.69) is 24.9 Å². The molecule has 2 bridgehead atoms. The zero-order valence-electron chi connectivity index (χ0n) is 10.1. The highest BCUT2D eigenvalue weighted by Crippen LogP contribution is 2.63. The Morgan fingerprint density at radius 1 is 1.00 bits per heavy atom. The Morgan fingerprint density at radius 2 is 1.67 bits per heavy atom. The first-order chi connectivity index (χ1) is 7.35. The van der Waals surface area contributed by atoms with Crippen LogP contribution in [0.2, 0.25) is 0 Å². The molecule has 86 valence electrons. The highest BCUT2D eigenvalue weighted by molar-refractivity contribution is 7.98. The highest BCUT2D eigenvalue weighted by Gasteiger charge is 2.56. The standard InChI is InChI=1S/C14H24S/c1-3-9-6-12(8-15-2)14-11-5-4-10(7-11)13(9)14/h9-14H,3-8H2,1-2H3. The average molecular weight is 224 g/mol. The van der Waals surface area contributed by atoms with Gasteiger partial charge in [0, 0.05) is 0 Å². The molecular formula is C14H24S. The van der Waals surface area contributed by atoms with Crippen LogP contribution in [0.3, 0.4) is 0 Å². The van der Waals surface area contributed by atoms with E-state index in [1.807, 2.05) is 0 Å². The molecule has 6 unspecified atom stereocenters. The minimum absolute atomic E-state index is 1.09. The lowest BCUT2D eigenvalue weighted by Gasteiger charge is -2.30. The third-order valence-corrected chi connectivity index (χ3v) is 6.41. The van der Waals surface area contributed by atoms with Crippen LogP contribution in [-0.4, -0.2) is 12.0 Å². The summed E-state index contributed by atoms with van der Waals surface area (Å²) in [5.41, 5.74) is 0. The highest BCUT2D eigenvalue weighted by atomic mass is 32.2. The molecule has 0 aromatic heterocycles. The Balaban J connectivity index is 1.80. The van der Waals surface area contributed by atoms with Gasteiger partial charge in [0.05, 0.1) is 0 Å². The van der Waals surface area contributed by atoms with Gasteiger partial charge in [0.15, 0.2) is 0 Å². The molecule has 0 nitrogen and oxygen atoms in total. The number of hydrogen-bond donors (Lipinski definition) is 0. The van der Waals surface area contributed by atoms with Crippen LogP contribution in [0.1, 0.15) is 39.0 Å². The van der Waals surface area contributed by atoms with E-state index >= 15 is 0 Å². The summed E-state index contributed by atoms with van der Waals surface area (Å²) in [6.45, 7) is 2.43. The predicted molar refractivity (Wildman–Crippen MR) is 68.1 cm³/mol. The van der Waals surface area contributed by atoms with Crippen molar-refractivity contribution in [2.45, 2.75) is 39.0 Å². The van der Waals surface area contributed by atoms with Crippen LogP contribution in [0, 0.1) is 35.5 Å². The summed E-state index contributed by atoms with van der Waals surface area (Å²) < 4.78 is 0. The van der Waals surface area contributed by atoms with Gasteiger partial charge in [-0.3, -0.25) is 0 Å². The summed E-state index contributed by atoms with van der Waals surface area (Å²) in [6.07, 6.45) is 10.1. The molecule has 0 aromatic carbocycles. The normalized spacial score (nSPS) is 52.4. The van der Waals surface area contributed by atoms with Gasteiger partial charge >= 0.3 is 0 Å². The first-order valence-corrected chi connectivity index (χ1v) is 8.23. The first-order valence-electron chi connectivity index (χ1n) is 6.84. The lowest BCUT2D eigenvalue weighted by Crippen LogP contribution is -2.25. The molecule has 0 N–H and O–H groups in total. The van der Waals surface area contributed by atoms with Crippen molar-refractivity contribution >= 4 is 11.8 Å². The summed E-state index contributed by atoms with van der Waals surface area (Å²) in [5, 5.41) is 0. The molecule has 0 aliphatic heterocycles. The maximum absolute atomic E-state index is 2.43. The van der Waals surface area contributed by atoms with Crippen LogP contribution in [-0.2, 0) is 0 Å². The lowest BCUT2D eigenvalue weighted by atomic mass is 9.76. The van der Waals surface area contributed by atoms with E-state index in [1.165, 1.54) is 12.2 Å². The fourth-order valence-corrected chi connectivity index (χ4v) is 6.10. The molecule has 0 aromatic rings. The summed E-state index contributed by atoms with van der Waals surface area (Å²) in [4.78, 5) is 0. The van der Waals surface area contributed by atoms with Crippen molar-refractivity contribution < 1.29 is 0 Å². The first kappa shape index (κ1) is 10.5. The topological polar surface area (TPSA) is 0 Å². The van der Waals surface area contributed by atoms with E-state index in [1.54, 1.807) is 25.7 Å². The zero-order valence-corrected chi connectivity index (χ0v) is 10.9. The lowest BCUT2D eigenvalue weighted by molar-refractivity contribution is 0.192. The van der Waals surface area contributed by atoms with Gasteiger partial charge in [0.1, 0.15) is 0 Å². The van der Waals surface area contributed by atoms with E-state index in [4.69, 9.17) is 0 Å². The van der Waals surface area contributed by atoms with Crippen LogP contribution in [0.15, 0.2) is 0 Å². The van der Waals surface area contributed by atoms with E-state index < -0.39 is 0 Å². The second-order valence-electron chi connectivity index (χ2n) is 6.11. The van der Waals surface area contributed by atoms with Crippen molar-refractivity contribution in [3.05, 3.63) is 0 Å². The van der Waals surface area contributed by atoms with Gasteiger partial charge in [-0.25, -0.2) is 0 Å². The Morgan fingerprint density at radius 3 is 2.27 bits per heavy atom. The Labute approximate surface area is 98.6 Å². The number of hydrogen-bond acceptors (Lipinski definition) is 1. The zero-order chi connectivity index (χ0) is 10.4. The predicted octanol–water partition coefficient (Wildman–Crippen LogP) is 4.06. The minimum atomic E-state index is 1.09. The molecule has 0 spiro atoms. The smallest absolute Gasteiger partial charge is 0.00390 e. The molecule has 3 saturated carbocycles. The van der Waals surface area contributed by atoms with Crippen molar-refractivity contribution in [1.82, 2.24) is 0 Å². The molecule has 0 saturated heterocycles. The fourth-order valence-electron chi connectivity index (χ4n) is 5.31. The van der Waals surface area contributed by atoms with E-state index in [0.29, 0.717) is 0 Å².